The zero-order valence-corrected chi connectivity index (χ0v) is 15.7. The number of halogens is 1. The van der Waals surface area contributed by atoms with Crippen molar-refractivity contribution >= 4 is 27.8 Å². The van der Waals surface area contributed by atoms with Crippen LogP contribution in [0.3, 0.4) is 0 Å². The van der Waals surface area contributed by atoms with Crippen LogP contribution in [0.25, 0.3) is 21.9 Å². The highest BCUT2D eigenvalue weighted by atomic mass is 19.1. The van der Waals surface area contributed by atoms with Crippen molar-refractivity contribution in [1.29, 1.82) is 0 Å². The van der Waals surface area contributed by atoms with E-state index >= 15 is 0 Å². The minimum atomic E-state index is -0.393. The summed E-state index contributed by atoms with van der Waals surface area (Å²) in [5.41, 5.74) is 1.92. The molecule has 7 nitrogen and oxygen atoms in total. The molecule has 0 bridgehead atoms. The third-order valence-electron chi connectivity index (χ3n) is 4.78. The number of benzene rings is 2. The van der Waals surface area contributed by atoms with Crippen LogP contribution in [0.15, 0.2) is 53.6 Å². The van der Waals surface area contributed by atoms with Crippen LogP contribution in [0.4, 0.5) is 4.39 Å². The maximum atomic E-state index is 13.5. The highest BCUT2D eigenvalue weighted by molar-refractivity contribution is 6.04. The van der Waals surface area contributed by atoms with Gasteiger partial charge in [0, 0.05) is 36.0 Å². The Morgan fingerprint density at radius 1 is 1.28 bits per heavy atom. The Balaban J connectivity index is 1.47. The van der Waals surface area contributed by atoms with E-state index in [0.717, 1.165) is 5.56 Å². The highest BCUT2D eigenvalue weighted by Crippen LogP contribution is 2.22. The number of aromatic amines is 1. The molecule has 4 aromatic rings. The molecule has 0 aliphatic carbocycles. The molecule has 148 valence electrons. The lowest BCUT2D eigenvalue weighted by molar-refractivity contribution is -0.121. The minimum Gasteiger partial charge on any atom is -0.496 e. The second-order valence-corrected chi connectivity index (χ2v) is 6.62. The summed E-state index contributed by atoms with van der Waals surface area (Å²) in [4.78, 5) is 32.2. The molecule has 0 unspecified atom stereocenters. The molecule has 0 fully saturated rings. The van der Waals surface area contributed by atoms with Gasteiger partial charge in [-0.1, -0.05) is 18.2 Å². The number of fused-ring (bicyclic) bond motifs is 3. The van der Waals surface area contributed by atoms with Crippen molar-refractivity contribution in [2.24, 2.45) is 0 Å². The molecule has 0 saturated carbocycles. The Kier molecular flexibility index (Phi) is 4.99. The van der Waals surface area contributed by atoms with E-state index in [-0.39, 0.29) is 24.4 Å². The van der Waals surface area contributed by atoms with Gasteiger partial charge in [0.25, 0.3) is 5.56 Å². The number of aryl methyl sites for hydroxylation is 1. The number of ether oxygens (including phenoxy) is 1. The second-order valence-electron chi connectivity index (χ2n) is 6.62. The predicted molar refractivity (Wildman–Crippen MR) is 107 cm³/mol. The summed E-state index contributed by atoms with van der Waals surface area (Å²) >= 11 is 0. The molecule has 2 heterocycles. The molecule has 8 heteroatoms. The number of methoxy groups -OCH3 is 1. The third kappa shape index (κ3) is 3.69. The van der Waals surface area contributed by atoms with E-state index in [1.807, 2.05) is 24.3 Å². The number of carbonyl (C=O) groups is 1. The van der Waals surface area contributed by atoms with Crippen molar-refractivity contribution in [2.45, 2.75) is 19.5 Å². The maximum Gasteiger partial charge on any atom is 0.277 e. The molecule has 0 radical (unpaired) electrons. The molecule has 2 aromatic carbocycles. The minimum absolute atomic E-state index is 0.122. The van der Waals surface area contributed by atoms with Crippen LogP contribution in [0, 0.1) is 5.82 Å². The molecule has 2 aromatic heterocycles. The van der Waals surface area contributed by atoms with Crippen molar-refractivity contribution in [3.05, 3.63) is 70.5 Å². The smallest absolute Gasteiger partial charge is 0.277 e. The molecule has 29 heavy (non-hydrogen) atoms. The van der Waals surface area contributed by atoms with Crippen LogP contribution in [-0.2, 0) is 17.9 Å². The average molecular weight is 394 g/mol. The number of nitrogens with zero attached hydrogens (tertiary/aromatic N) is 2. The quantitative estimate of drug-likeness (QED) is 0.526. The zero-order valence-electron chi connectivity index (χ0n) is 15.7. The molecule has 0 aliphatic rings. The molecular weight excluding hydrogens is 375 g/mol. The Morgan fingerprint density at radius 2 is 2.10 bits per heavy atom. The summed E-state index contributed by atoms with van der Waals surface area (Å²) in [6, 6.07) is 11.7. The van der Waals surface area contributed by atoms with E-state index in [4.69, 9.17) is 4.74 Å². The van der Waals surface area contributed by atoms with E-state index in [1.54, 1.807) is 13.2 Å². The van der Waals surface area contributed by atoms with Gasteiger partial charge in [0.05, 0.1) is 13.4 Å². The van der Waals surface area contributed by atoms with Crippen LogP contribution in [-0.4, -0.2) is 27.6 Å². The predicted octanol–water partition coefficient (Wildman–Crippen LogP) is 2.73. The number of hydrogen-bond acceptors (Lipinski definition) is 4. The molecule has 0 aliphatic heterocycles. The van der Waals surface area contributed by atoms with Crippen molar-refractivity contribution < 1.29 is 13.9 Å². The second kappa shape index (κ2) is 7.75. The van der Waals surface area contributed by atoms with Gasteiger partial charge in [-0.05, 0) is 24.3 Å². The lowest BCUT2D eigenvalue weighted by atomic mass is 10.2. The van der Waals surface area contributed by atoms with Crippen molar-refractivity contribution in [2.75, 3.05) is 7.11 Å². The van der Waals surface area contributed by atoms with Gasteiger partial charge in [0.2, 0.25) is 5.91 Å². The van der Waals surface area contributed by atoms with Gasteiger partial charge in [-0.15, -0.1) is 0 Å². The van der Waals surface area contributed by atoms with Gasteiger partial charge >= 0.3 is 0 Å². The first-order valence-corrected chi connectivity index (χ1v) is 9.12. The number of hydrogen-bond donors (Lipinski definition) is 2. The molecule has 0 spiro atoms. The van der Waals surface area contributed by atoms with E-state index in [9.17, 15) is 14.0 Å². The van der Waals surface area contributed by atoms with Crippen LogP contribution in [0.1, 0.15) is 12.0 Å². The van der Waals surface area contributed by atoms with E-state index in [1.165, 1.54) is 23.0 Å². The number of aromatic nitrogens is 3. The largest absolute Gasteiger partial charge is 0.496 e. The fourth-order valence-electron chi connectivity index (χ4n) is 3.27. The van der Waals surface area contributed by atoms with Crippen LogP contribution in [0.2, 0.25) is 0 Å². The van der Waals surface area contributed by atoms with Crippen molar-refractivity contribution in [3.63, 3.8) is 0 Å². The SMILES string of the molecule is COc1ccccc1CNC(=O)CCn1cnc2c([nH]c3ccc(F)cc32)c1=O. The van der Waals surface area contributed by atoms with Gasteiger partial charge in [0.15, 0.2) is 0 Å². The van der Waals surface area contributed by atoms with E-state index < -0.39 is 5.82 Å². The summed E-state index contributed by atoms with van der Waals surface area (Å²) in [6.07, 6.45) is 1.51. The fourth-order valence-corrected chi connectivity index (χ4v) is 3.27. The zero-order chi connectivity index (χ0) is 20.4. The normalized spacial score (nSPS) is 11.1. The first kappa shape index (κ1) is 18.7. The van der Waals surface area contributed by atoms with Crippen molar-refractivity contribution in [1.82, 2.24) is 19.9 Å². The van der Waals surface area contributed by atoms with Gasteiger partial charge in [-0.3, -0.25) is 14.2 Å². The lowest BCUT2D eigenvalue weighted by Crippen LogP contribution is -2.27. The molecule has 0 saturated heterocycles. The first-order valence-electron chi connectivity index (χ1n) is 9.12. The Hall–Kier alpha value is -3.68. The monoisotopic (exact) mass is 394 g/mol. The number of rotatable bonds is 6. The van der Waals surface area contributed by atoms with Gasteiger partial charge in [-0.25, -0.2) is 9.37 Å². The Morgan fingerprint density at radius 3 is 2.93 bits per heavy atom. The summed E-state index contributed by atoms with van der Waals surface area (Å²) in [5, 5.41) is 3.38. The van der Waals surface area contributed by atoms with Crippen molar-refractivity contribution in [3.8, 4) is 5.75 Å². The highest BCUT2D eigenvalue weighted by Gasteiger charge is 2.12. The number of para-hydroxylation sites is 1. The topological polar surface area (TPSA) is 89.0 Å². The first-order chi connectivity index (χ1) is 14.1. The Labute approximate surface area is 165 Å². The number of carbonyl (C=O) groups excluding carboxylic acids is 1. The van der Waals surface area contributed by atoms with Crippen LogP contribution < -0.4 is 15.6 Å². The maximum absolute atomic E-state index is 13.5. The average Bonchev–Trinajstić information content (AvgIpc) is 3.10. The lowest BCUT2D eigenvalue weighted by Gasteiger charge is -2.10. The summed E-state index contributed by atoms with van der Waals surface area (Å²) in [7, 11) is 1.58. The molecule has 4 rings (SSSR count). The summed E-state index contributed by atoms with van der Waals surface area (Å²) in [6.45, 7) is 0.520. The van der Waals surface area contributed by atoms with Gasteiger partial charge < -0.3 is 15.0 Å². The fraction of sp³-hybridized carbons (Fsp3) is 0.190. The standard InChI is InChI=1S/C21H19FN4O3/c1-29-17-5-3-2-4-13(17)11-23-18(27)8-9-26-12-24-19-15-10-14(22)6-7-16(15)25-20(19)21(26)28/h2-7,10,12,25H,8-9,11H2,1H3,(H,23,27). The number of H-pyrrole nitrogens is 1. The van der Waals surface area contributed by atoms with Crippen LogP contribution in [0.5, 0.6) is 5.75 Å². The van der Waals surface area contributed by atoms with E-state index in [0.29, 0.717) is 34.2 Å². The Bertz CT molecular complexity index is 1260. The third-order valence-corrected chi connectivity index (χ3v) is 4.78. The molecular formula is C21H19FN4O3. The van der Waals surface area contributed by atoms with Crippen LogP contribution >= 0.6 is 0 Å². The molecule has 1 amide bonds. The molecule has 0 atom stereocenters. The summed E-state index contributed by atoms with van der Waals surface area (Å²) < 4.78 is 20.1. The van der Waals surface area contributed by atoms with Gasteiger partial charge in [-0.2, -0.15) is 0 Å². The number of amides is 1. The number of nitrogens with one attached hydrogen (secondary N) is 2. The van der Waals surface area contributed by atoms with E-state index in [2.05, 4.69) is 15.3 Å². The van der Waals surface area contributed by atoms with Gasteiger partial charge in [0.1, 0.15) is 22.6 Å². The summed E-state index contributed by atoms with van der Waals surface area (Å²) in [5.74, 6) is 0.117. The molecule has 2 N–H and O–H groups in total.